The van der Waals surface area contributed by atoms with Crippen molar-refractivity contribution in [2.24, 2.45) is 0 Å². The molecule has 0 aliphatic carbocycles. The summed E-state index contributed by atoms with van der Waals surface area (Å²) in [5.41, 5.74) is 0.932. The summed E-state index contributed by atoms with van der Waals surface area (Å²) in [6, 6.07) is 8.08. The van der Waals surface area contributed by atoms with Crippen LogP contribution in [-0.2, 0) is 0 Å². The molecule has 4 nitrogen and oxygen atoms in total. The second-order valence-electron chi connectivity index (χ2n) is 5.71. The molecule has 0 spiro atoms. The predicted octanol–water partition coefficient (Wildman–Crippen LogP) is 3.66. The van der Waals surface area contributed by atoms with Gasteiger partial charge in [0.25, 0.3) is 0 Å². The van der Waals surface area contributed by atoms with Gasteiger partial charge < -0.3 is 10.6 Å². The smallest absolute Gasteiger partial charge is 0.225 e. The van der Waals surface area contributed by atoms with Gasteiger partial charge in [-0.3, -0.25) is 0 Å². The molecular formula is C15H22N4. The van der Waals surface area contributed by atoms with Crippen molar-refractivity contribution in [1.82, 2.24) is 9.97 Å². The van der Waals surface area contributed by atoms with Gasteiger partial charge in [0, 0.05) is 17.5 Å². The summed E-state index contributed by atoms with van der Waals surface area (Å²) in [7, 11) is 0. The van der Waals surface area contributed by atoms with Gasteiger partial charge in [0.2, 0.25) is 5.95 Å². The molecule has 0 radical (unpaired) electrons. The Morgan fingerprint density at radius 2 is 1.84 bits per heavy atom. The molecule has 0 unspecified atom stereocenters. The first-order valence-corrected chi connectivity index (χ1v) is 6.78. The van der Waals surface area contributed by atoms with Gasteiger partial charge in [0.05, 0.1) is 5.52 Å². The number of nitrogens with zero attached hydrogens (tertiary/aromatic N) is 2. The van der Waals surface area contributed by atoms with Gasteiger partial charge in [-0.1, -0.05) is 19.1 Å². The number of benzene rings is 1. The van der Waals surface area contributed by atoms with Crippen LogP contribution in [0.3, 0.4) is 0 Å². The van der Waals surface area contributed by atoms with E-state index >= 15 is 0 Å². The zero-order valence-corrected chi connectivity index (χ0v) is 12.1. The van der Waals surface area contributed by atoms with Crippen LogP contribution < -0.4 is 10.6 Å². The van der Waals surface area contributed by atoms with Crippen LogP contribution in [0.2, 0.25) is 0 Å². The number of fused-ring (bicyclic) bond motifs is 1. The maximum Gasteiger partial charge on any atom is 0.225 e. The minimum absolute atomic E-state index is 0.0286. The molecule has 0 fully saturated rings. The van der Waals surface area contributed by atoms with E-state index in [0.29, 0.717) is 5.95 Å². The average molecular weight is 258 g/mol. The Hall–Kier alpha value is -1.84. The zero-order chi connectivity index (χ0) is 13.9. The first-order valence-electron chi connectivity index (χ1n) is 6.78. The van der Waals surface area contributed by atoms with Crippen molar-refractivity contribution in [1.29, 1.82) is 0 Å². The maximum absolute atomic E-state index is 4.59. The van der Waals surface area contributed by atoms with Crippen LogP contribution in [0.1, 0.15) is 34.1 Å². The van der Waals surface area contributed by atoms with Gasteiger partial charge in [-0.15, -0.1) is 0 Å². The van der Waals surface area contributed by atoms with E-state index in [1.807, 2.05) is 24.3 Å². The summed E-state index contributed by atoms with van der Waals surface area (Å²) in [5.74, 6) is 1.57. The van der Waals surface area contributed by atoms with Crippen LogP contribution in [0, 0.1) is 0 Å². The molecule has 0 saturated heterocycles. The third-order valence-electron chi connectivity index (χ3n) is 2.63. The number of para-hydroxylation sites is 1. The number of nitrogens with one attached hydrogen (secondary N) is 2. The van der Waals surface area contributed by atoms with Crippen molar-refractivity contribution in [2.75, 3.05) is 17.2 Å². The van der Waals surface area contributed by atoms with Crippen LogP contribution in [0.15, 0.2) is 24.3 Å². The zero-order valence-electron chi connectivity index (χ0n) is 12.1. The molecule has 2 rings (SSSR count). The Bertz CT molecular complexity index is 558. The Labute approximate surface area is 114 Å². The van der Waals surface area contributed by atoms with Crippen molar-refractivity contribution in [3.8, 4) is 0 Å². The molecule has 0 aliphatic rings. The molecule has 102 valence electrons. The van der Waals surface area contributed by atoms with E-state index in [1.54, 1.807) is 0 Å². The lowest BCUT2D eigenvalue weighted by atomic mass is 10.1. The maximum atomic E-state index is 4.59. The molecule has 2 N–H and O–H groups in total. The minimum atomic E-state index is -0.0286. The van der Waals surface area contributed by atoms with Crippen LogP contribution in [0.4, 0.5) is 11.8 Å². The minimum Gasteiger partial charge on any atom is -0.365 e. The molecule has 0 bridgehead atoms. The van der Waals surface area contributed by atoms with E-state index in [-0.39, 0.29) is 5.54 Å². The Morgan fingerprint density at radius 1 is 1.11 bits per heavy atom. The molecule has 0 atom stereocenters. The summed E-state index contributed by atoms with van der Waals surface area (Å²) >= 11 is 0. The van der Waals surface area contributed by atoms with E-state index in [0.717, 1.165) is 29.7 Å². The van der Waals surface area contributed by atoms with Crippen molar-refractivity contribution < 1.29 is 0 Å². The fourth-order valence-electron chi connectivity index (χ4n) is 1.84. The van der Waals surface area contributed by atoms with Crippen LogP contribution in [0.5, 0.6) is 0 Å². The van der Waals surface area contributed by atoms with Gasteiger partial charge >= 0.3 is 0 Å². The van der Waals surface area contributed by atoms with E-state index in [9.17, 15) is 0 Å². The topological polar surface area (TPSA) is 49.8 Å². The normalized spacial score (nSPS) is 11.6. The number of hydrogen-bond acceptors (Lipinski definition) is 4. The van der Waals surface area contributed by atoms with Crippen molar-refractivity contribution >= 4 is 22.7 Å². The molecule has 1 heterocycles. The average Bonchev–Trinajstić information content (AvgIpc) is 2.34. The molecule has 0 aliphatic heterocycles. The summed E-state index contributed by atoms with van der Waals surface area (Å²) < 4.78 is 0. The quantitative estimate of drug-likeness (QED) is 0.878. The van der Waals surface area contributed by atoms with Crippen LogP contribution >= 0.6 is 0 Å². The van der Waals surface area contributed by atoms with Crippen molar-refractivity contribution in [3.63, 3.8) is 0 Å². The lowest BCUT2D eigenvalue weighted by Gasteiger charge is -2.22. The molecule has 1 aromatic carbocycles. The van der Waals surface area contributed by atoms with Crippen molar-refractivity contribution in [2.45, 2.75) is 39.7 Å². The van der Waals surface area contributed by atoms with Gasteiger partial charge in [-0.2, -0.15) is 4.98 Å². The highest BCUT2D eigenvalue weighted by Gasteiger charge is 2.14. The van der Waals surface area contributed by atoms with Gasteiger partial charge in [-0.25, -0.2) is 4.98 Å². The molecular weight excluding hydrogens is 236 g/mol. The molecule has 0 saturated carbocycles. The Morgan fingerprint density at radius 3 is 2.53 bits per heavy atom. The number of aromatic nitrogens is 2. The Balaban J connectivity index is 2.45. The fourth-order valence-corrected chi connectivity index (χ4v) is 1.84. The second kappa shape index (κ2) is 5.43. The molecule has 2 aromatic rings. The van der Waals surface area contributed by atoms with Crippen LogP contribution in [0.25, 0.3) is 10.9 Å². The lowest BCUT2D eigenvalue weighted by Crippen LogP contribution is -2.27. The number of hydrogen-bond donors (Lipinski definition) is 2. The first kappa shape index (κ1) is 13.6. The fraction of sp³-hybridized carbons (Fsp3) is 0.467. The monoisotopic (exact) mass is 258 g/mol. The summed E-state index contributed by atoms with van der Waals surface area (Å²) in [4.78, 5) is 9.13. The standard InChI is InChI=1S/C15H22N4/c1-5-10-16-14-17-12-9-7-6-8-11(12)13(18-14)19-15(2,3)4/h6-9H,5,10H2,1-4H3,(H2,16,17,18,19). The predicted molar refractivity (Wildman–Crippen MR) is 81.7 cm³/mol. The molecule has 1 aromatic heterocycles. The van der Waals surface area contributed by atoms with Gasteiger partial charge in [0.1, 0.15) is 5.82 Å². The largest absolute Gasteiger partial charge is 0.365 e. The van der Waals surface area contributed by atoms with Crippen molar-refractivity contribution in [3.05, 3.63) is 24.3 Å². The first-order chi connectivity index (χ1) is 8.99. The SMILES string of the molecule is CCCNc1nc(NC(C)(C)C)c2ccccc2n1. The molecule has 0 amide bonds. The van der Waals surface area contributed by atoms with E-state index in [1.165, 1.54) is 0 Å². The number of anilines is 2. The Kier molecular flexibility index (Phi) is 3.88. The third-order valence-corrected chi connectivity index (χ3v) is 2.63. The van der Waals surface area contributed by atoms with Gasteiger partial charge in [0.15, 0.2) is 0 Å². The molecule has 19 heavy (non-hydrogen) atoms. The van der Waals surface area contributed by atoms with E-state index < -0.39 is 0 Å². The van der Waals surface area contributed by atoms with Crippen LogP contribution in [-0.4, -0.2) is 22.1 Å². The van der Waals surface area contributed by atoms with Gasteiger partial charge in [-0.05, 0) is 39.3 Å². The highest BCUT2D eigenvalue weighted by atomic mass is 15.2. The highest BCUT2D eigenvalue weighted by molar-refractivity contribution is 5.90. The highest BCUT2D eigenvalue weighted by Crippen LogP contribution is 2.24. The second-order valence-corrected chi connectivity index (χ2v) is 5.71. The molecule has 4 heteroatoms. The number of rotatable bonds is 4. The lowest BCUT2D eigenvalue weighted by molar-refractivity contribution is 0.631. The summed E-state index contributed by atoms with van der Waals surface area (Å²) in [5, 5.41) is 7.76. The third kappa shape index (κ3) is 3.56. The summed E-state index contributed by atoms with van der Waals surface area (Å²) in [6.45, 7) is 9.39. The summed E-state index contributed by atoms with van der Waals surface area (Å²) in [6.07, 6.45) is 1.05. The van der Waals surface area contributed by atoms with E-state index in [4.69, 9.17) is 0 Å². The van der Waals surface area contributed by atoms with E-state index in [2.05, 4.69) is 48.3 Å².